The Morgan fingerprint density at radius 2 is 1.94 bits per heavy atom. The fourth-order valence-electron chi connectivity index (χ4n) is 1.26. The van der Waals surface area contributed by atoms with Crippen molar-refractivity contribution in [3.8, 4) is 0 Å². The minimum Gasteiger partial charge on any atom is -0.357 e. The summed E-state index contributed by atoms with van der Waals surface area (Å²) in [5, 5.41) is 7.29. The third-order valence-electron chi connectivity index (χ3n) is 1.95. The Morgan fingerprint density at radius 3 is 2.38 bits per heavy atom. The molecular formula is C10H19N3O3. The lowest BCUT2D eigenvalue weighted by Gasteiger charge is -2.18. The topological polar surface area (TPSA) is 87.3 Å². The van der Waals surface area contributed by atoms with E-state index >= 15 is 0 Å². The minimum atomic E-state index is -0.550. The SMILES string of the molecule is CNC(=O)C(CC(C)C)NC(=O)CNC=O. The van der Waals surface area contributed by atoms with Gasteiger partial charge in [-0.05, 0) is 12.3 Å². The number of hydrogen-bond acceptors (Lipinski definition) is 3. The molecule has 0 aliphatic rings. The molecule has 16 heavy (non-hydrogen) atoms. The lowest BCUT2D eigenvalue weighted by atomic mass is 10.0. The largest absolute Gasteiger partial charge is 0.357 e. The zero-order valence-electron chi connectivity index (χ0n) is 9.87. The molecule has 0 aliphatic heterocycles. The van der Waals surface area contributed by atoms with Crippen LogP contribution in [0, 0.1) is 5.92 Å². The predicted molar refractivity (Wildman–Crippen MR) is 59.5 cm³/mol. The van der Waals surface area contributed by atoms with Gasteiger partial charge < -0.3 is 16.0 Å². The second-order valence-electron chi connectivity index (χ2n) is 3.86. The molecule has 0 saturated heterocycles. The summed E-state index contributed by atoms with van der Waals surface area (Å²) in [7, 11) is 1.52. The normalized spacial score (nSPS) is 11.8. The number of nitrogens with one attached hydrogen (secondary N) is 3. The third kappa shape index (κ3) is 6.00. The first-order valence-corrected chi connectivity index (χ1v) is 5.19. The third-order valence-corrected chi connectivity index (χ3v) is 1.95. The molecule has 0 bridgehead atoms. The van der Waals surface area contributed by atoms with Gasteiger partial charge >= 0.3 is 0 Å². The van der Waals surface area contributed by atoms with Crippen LogP contribution in [0.3, 0.4) is 0 Å². The summed E-state index contributed by atoms with van der Waals surface area (Å²) in [4.78, 5) is 32.7. The van der Waals surface area contributed by atoms with Crippen molar-refractivity contribution in [2.24, 2.45) is 5.92 Å². The predicted octanol–water partition coefficient (Wildman–Crippen LogP) is -0.991. The monoisotopic (exact) mass is 229 g/mol. The van der Waals surface area contributed by atoms with E-state index in [-0.39, 0.29) is 18.4 Å². The molecule has 1 unspecified atom stereocenters. The van der Waals surface area contributed by atoms with Crippen LogP contribution in [0.4, 0.5) is 0 Å². The van der Waals surface area contributed by atoms with Gasteiger partial charge in [-0.2, -0.15) is 0 Å². The molecule has 0 heterocycles. The fourth-order valence-corrected chi connectivity index (χ4v) is 1.26. The molecule has 0 rings (SSSR count). The molecule has 0 aromatic rings. The van der Waals surface area contributed by atoms with Crippen LogP contribution in [0.25, 0.3) is 0 Å². The van der Waals surface area contributed by atoms with E-state index in [1.54, 1.807) is 0 Å². The van der Waals surface area contributed by atoms with E-state index in [2.05, 4.69) is 16.0 Å². The van der Waals surface area contributed by atoms with Gasteiger partial charge in [0.1, 0.15) is 6.04 Å². The van der Waals surface area contributed by atoms with Crippen LogP contribution in [0.5, 0.6) is 0 Å². The Labute approximate surface area is 95.2 Å². The van der Waals surface area contributed by atoms with E-state index < -0.39 is 6.04 Å². The fraction of sp³-hybridized carbons (Fsp3) is 0.700. The maximum atomic E-state index is 11.4. The maximum Gasteiger partial charge on any atom is 0.242 e. The van der Waals surface area contributed by atoms with Gasteiger partial charge in [-0.1, -0.05) is 13.8 Å². The van der Waals surface area contributed by atoms with E-state index in [0.29, 0.717) is 18.7 Å². The van der Waals surface area contributed by atoms with Crippen LogP contribution in [-0.2, 0) is 14.4 Å². The van der Waals surface area contributed by atoms with Gasteiger partial charge in [-0.15, -0.1) is 0 Å². The molecule has 3 amide bonds. The number of rotatable bonds is 7. The smallest absolute Gasteiger partial charge is 0.242 e. The lowest BCUT2D eigenvalue weighted by molar-refractivity contribution is -0.129. The van der Waals surface area contributed by atoms with Crippen molar-refractivity contribution in [3.05, 3.63) is 0 Å². The quantitative estimate of drug-likeness (QED) is 0.490. The molecule has 92 valence electrons. The summed E-state index contributed by atoms with van der Waals surface area (Å²) >= 11 is 0. The van der Waals surface area contributed by atoms with Gasteiger partial charge in [-0.3, -0.25) is 14.4 Å². The second-order valence-corrected chi connectivity index (χ2v) is 3.86. The summed E-state index contributed by atoms with van der Waals surface area (Å²) in [5.74, 6) is -0.309. The highest BCUT2D eigenvalue weighted by Gasteiger charge is 2.20. The molecular weight excluding hydrogens is 210 g/mol. The van der Waals surface area contributed by atoms with Crippen LogP contribution >= 0.6 is 0 Å². The molecule has 3 N–H and O–H groups in total. The number of carbonyl (C=O) groups is 3. The van der Waals surface area contributed by atoms with Crippen LogP contribution in [0.2, 0.25) is 0 Å². The van der Waals surface area contributed by atoms with E-state index in [1.165, 1.54) is 7.05 Å². The molecule has 0 spiro atoms. The van der Waals surface area contributed by atoms with Crippen molar-refractivity contribution >= 4 is 18.2 Å². The first kappa shape index (κ1) is 14.4. The molecule has 0 fully saturated rings. The zero-order valence-corrected chi connectivity index (χ0v) is 9.87. The Morgan fingerprint density at radius 1 is 1.31 bits per heavy atom. The van der Waals surface area contributed by atoms with Crippen molar-refractivity contribution in [1.82, 2.24) is 16.0 Å². The number of carbonyl (C=O) groups excluding carboxylic acids is 3. The maximum absolute atomic E-state index is 11.4. The molecule has 0 aromatic carbocycles. The summed E-state index contributed by atoms with van der Waals surface area (Å²) in [6.45, 7) is 3.81. The Bertz CT molecular complexity index is 254. The zero-order chi connectivity index (χ0) is 12.6. The van der Waals surface area contributed by atoms with E-state index in [1.807, 2.05) is 13.8 Å². The van der Waals surface area contributed by atoms with Crippen LogP contribution in [0.1, 0.15) is 20.3 Å². The Kier molecular flexibility index (Phi) is 6.91. The first-order valence-electron chi connectivity index (χ1n) is 5.19. The van der Waals surface area contributed by atoms with E-state index in [9.17, 15) is 14.4 Å². The molecule has 0 radical (unpaired) electrons. The van der Waals surface area contributed by atoms with Crippen molar-refractivity contribution in [2.75, 3.05) is 13.6 Å². The highest BCUT2D eigenvalue weighted by atomic mass is 16.2. The van der Waals surface area contributed by atoms with Crippen LogP contribution < -0.4 is 16.0 Å². The highest BCUT2D eigenvalue weighted by Crippen LogP contribution is 2.04. The molecule has 6 nitrogen and oxygen atoms in total. The van der Waals surface area contributed by atoms with Gasteiger partial charge in [0.05, 0.1) is 6.54 Å². The van der Waals surface area contributed by atoms with Crippen molar-refractivity contribution in [2.45, 2.75) is 26.3 Å². The summed E-state index contributed by atoms with van der Waals surface area (Å²) in [6, 6.07) is -0.550. The van der Waals surface area contributed by atoms with Gasteiger partial charge in [0.2, 0.25) is 18.2 Å². The molecule has 6 heteroatoms. The first-order chi connectivity index (χ1) is 7.51. The molecule has 0 aliphatic carbocycles. The number of hydrogen-bond donors (Lipinski definition) is 3. The molecule has 1 atom stereocenters. The molecule has 0 aromatic heterocycles. The van der Waals surface area contributed by atoms with Crippen LogP contribution in [-0.4, -0.2) is 37.9 Å². The molecule has 0 saturated carbocycles. The van der Waals surface area contributed by atoms with E-state index in [4.69, 9.17) is 0 Å². The average molecular weight is 229 g/mol. The lowest BCUT2D eigenvalue weighted by Crippen LogP contribution is -2.48. The van der Waals surface area contributed by atoms with Crippen molar-refractivity contribution < 1.29 is 14.4 Å². The number of likely N-dealkylation sites (N-methyl/N-ethyl adjacent to an activating group) is 1. The van der Waals surface area contributed by atoms with Crippen molar-refractivity contribution in [1.29, 1.82) is 0 Å². The Balaban J connectivity index is 4.24. The van der Waals surface area contributed by atoms with E-state index in [0.717, 1.165) is 0 Å². The van der Waals surface area contributed by atoms with Crippen molar-refractivity contribution in [3.63, 3.8) is 0 Å². The standard InChI is InChI=1S/C10H19N3O3/c1-7(2)4-8(10(16)11-3)13-9(15)5-12-6-14/h6-8H,4-5H2,1-3H3,(H,11,16)(H,12,14)(H,13,15). The van der Waals surface area contributed by atoms with Gasteiger partial charge in [-0.25, -0.2) is 0 Å². The summed E-state index contributed by atoms with van der Waals surface area (Å²) < 4.78 is 0. The minimum absolute atomic E-state index is 0.116. The summed E-state index contributed by atoms with van der Waals surface area (Å²) in [6.07, 6.45) is 1.00. The Hall–Kier alpha value is -1.59. The second kappa shape index (κ2) is 7.67. The highest BCUT2D eigenvalue weighted by molar-refractivity contribution is 5.88. The average Bonchev–Trinajstić information content (AvgIpc) is 2.23. The number of amides is 3. The summed E-state index contributed by atoms with van der Waals surface area (Å²) in [5.41, 5.74) is 0. The van der Waals surface area contributed by atoms with Gasteiger partial charge in [0.25, 0.3) is 0 Å². The van der Waals surface area contributed by atoms with Gasteiger partial charge in [0.15, 0.2) is 0 Å². The van der Waals surface area contributed by atoms with Crippen LogP contribution in [0.15, 0.2) is 0 Å². The van der Waals surface area contributed by atoms with Gasteiger partial charge in [0, 0.05) is 7.05 Å².